The molecule has 5 unspecified atom stereocenters. The first-order chi connectivity index (χ1) is 47.7. The Morgan fingerprint density at radius 2 is 0.541 bits per heavy atom. The molecule has 3 N–H and O–H groups in total. The maximum atomic E-state index is 13.1. The number of carbonyl (C=O) groups excluding carboxylic acids is 4. The third-order valence-corrected chi connectivity index (χ3v) is 17.9. The van der Waals surface area contributed by atoms with Crippen molar-refractivity contribution in [3.63, 3.8) is 0 Å². The van der Waals surface area contributed by atoms with Crippen LogP contribution in [0.5, 0.6) is 0 Å². The van der Waals surface area contributed by atoms with Crippen molar-refractivity contribution in [3.05, 3.63) is 97.2 Å². The zero-order chi connectivity index (χ0) is 71.8. The number of aliphatic hydroxyl groups excluding tert-OH is 1. The molecular weight excluding hydrogens is 1280 g/mol. The highest BCUT2D eigenvalue weighted by Crippen LogP contribution is 2.45. The molecule has 0 spiro atoms. The Balaban J connectivity index is 5.33. The Morgan fingerprint density at radius 3 is 0.857 bits per heavy atom. The molecular formula is C79H138O17P2. The van der Waals surface area contributed by atoms with Gasteiger partial charge in [0.15, 0.2) is 12.2 Å². The van der Waals surface area contributed by atoms with Crippen molar-refractivity contribution in [1.82, 2.24) is 0 Å². The lowest BCUT2D eigenvalue weighted by atomic mass is 10.1. The number of aliphatic hydroxyl groups is 1. The standard InChI is InChI=1S/C79H138O17P2/c1-5-9-13-17-21-25-29-31-33-35-36-38-39-41-45-48-52-56-60-64-77(82)90-70-75(96-79(84)66-62-58-54-50-46-42-40-37-34-32-30-26-22-18-14-10-6-2)72-94-98(87,88)92-68-73(80)67-91-97(85,86)93-71-74(95-78(83)65-61-57-53-49-44-28-24-20-16-12-8-4)69-89-76(81)63-59-55-51-47-43-27-23-19-15-11-7-3/h9-10,13-14,19,21-23,25-26,31-34,36,38,73-75,80H,5-8,11-12,15-18,20,24,27-30,35,37,39-72H2,1-4H3,(H,85,86)(H,87,88)/b13-9-,14-10-,23-19-,25-21-,26-22-,33-31-,34-32-,38-36-. The minimum atomic E-state index is -4.98. The summed E-state index contributed by atoms with van der Waals surface area (Å²) in [6.07, 6.45) is 74.0. The molecule has 0 aromatic carbocycles. The molecule has 19 heteroatoms. The van der Waals surface area contributed by atoms with Gasteiger partial charge in [-0.05, 0) is 116 Å². The average molecular weight is 1420 g/mol. The molecule has 0 aliphatic carbocycles. The van der Waals surface area contributed by atoms with Gasteiger partial charge in [0.05, 0.1) is 26.4 Å². The van der Waals surface area contributed by atoms with Crippen LogP contribution in [0.1, 0.15) is 323 Å². The Bertz CT molecular complexity index is 2240. The molecule has 0 amide bonds. The van der Waals surface area contributed by atoms with Gasteiger partial charge < -0.3 is 33.8 Å². The molecule has 0 aliphatic heterocycles. The number of unbranched alkanes of at least 4 members (excludes halogenated alkanes) is 30. The normalized spacial score (nSPS) is 14.5. The molecule has 0 aromatic rings. The largest absolute Gasteiger partial charge is 0.472 e. The molecule has 0 saturated heterocycles. The third kappa shape index (κ3) is 70.4. The van der Waals surface area contributed by atoms with E-state index in [-0.39, 0.29) is 25.7 Å². The molecule has 98 heavy (non-hydrogen) atoms. The topological polar surface area (TPSA) is 237 Å². The van der Waals surface area contributed by atoms with Gasteiger partial charge in [-0.3, -0.25) is 37.3 Å². The first kappa shape index (κ1) is 94.0. The summed E-state index contributed by atoms with van der Waals surface area (Å²) in [4.78, 5) is 72.8. The van der Waals surface area contributed by atoms with Gasteiger partial charge in [0, 0.05) is 25.7 Å². The van der Waals surface area contributed by atoms with Crippen LogP contribution in [0.4, 0.5) is 0 Å². The van der Waals surface area contributed by atoms with E-state index in [0.717, 1.165) is 193 Å². The number of rotatable bonds is 72. The second kappa shape index (κ2) is 71.4. The first-order valence-corrected chi connectivity index (χ1v) is 41.5. The smallest absolute Gasteiger partial charge is 0.462 e. The minimum absolute atomic E-state index is 0.0802. The number of hydrogen-bond acceptors (Lipinski definition) is 15. The van der Waals surface area contributed by atoms with E-state index in [0.29, 0.717) is 25.7 Å². The molecule has 566 valence electrons. The maximum absolute atomic E-state index is 13.1. The van der Waals surface area contributed by atoms with E-state index < -0.39 is 97.5 Å². The van der Waals surface area contributed by atoms with Gasteiger partial charge in [0.2, 0.25) is 0 Å². The monoisotopic (exact) mass is 1420 g/mol. The maximum Gasteiger partial charge on any atom is 0.472 e. The van der Waals surface area contributed by atoms with Crippen molar-refractivity contribution < 1.29 is 80.2 Å². The van der Waals surface area contributed by atoms with E-state index in [9.17, 15) is 43.2 Å². The predicted octanol–water partition coefficient (Wildman–Crippen LogP) is 22.0. The number of allylic oxidation sites excluding steroid dienone is 16. The Labute approximate surface area is 595 Å². The summed E-state index contributed by atoms with van der Waals surface area (Å²) in [6, 6.07) is 0. The number of hydrogen-bond donors (Lipinski definition) is 3. The molecule has 5 atom stereocenters. The summed E-state index contributed by atoms with van der Waals surface area (Å²) >= 11 is 0. The molecule has 17 nitrogen and oxygen atoms in total. The third-order valence-electron chi connectivity index (χ3n) is 16.0. The lowest BCUT2D eigenvalue weighted by Gasteiger charge is -2.21. The summed E-state index contributed by atoms with van der Waals surface area (Å²) in [5, 5.41) is 10.6. The zero-order valence-electron chi connectivity index (χ0n) is 61.7. The van der Waals surface area contributed by atoms with Gasteiger partial charge in [0.25, 0.3) is 0 Å². The van der Waals surface area contributed by atoms with Crippen LogP contribution in [0.3, 0.4) is 0 Å². The Kier molecular flexibility index (Phi) is 68.4. The van der Waals surface area contributed by atoms with E-state index in [1.165, 1.54) is 51.4 Å². The van der Waals surface area contributed by atoms with Crippen LogP contribution in [-0.4, -0.2) is 96.7 Å². The van der Waals surface area contributed by atoms with Crippen LogP contribution in [0, 0.1) is 0 Å². The second-order valence-electron chi connectivity index (χ2n) is 25.5. The molecule has 0 bridgehead atoms. The van der Waals surface area contributed by atoms with Crippen LogP contribution in [0.25, 0.3) is 0 Å². The van der Waals surface area contributed by atoms with Crippen LogP contribution < -0.4 is 0 Å². The fourth-order valence-electron chi connectivity index (χ4n) is 10.2. The fraction of sp³-hybridized carbons (Fsp3) is 0.747. The fourth-order valence-corrected chi connectivity index (χ4v) is 11.8. The number of esters is 4. The molecule has 0 radical (unpaired) electrons. The number of phosphoric acid groups is 2. The van der Waals surface area contributed by atoms with Gasteiger partial charge in [-0.15, -0.1) is 0 Å². The Hall–Kier alpha value is -4.02. The van der Waals surface area contributed by atoms with Crippen molar-refractivity contribution in [2.75, 3.05) is 39.6 Å². The summed E-state index contributed by atoms with van der Waals surface area (Å²) in [5.74, 6) is -2.19. The van der Waals surface area contributed by atoms with Gasteiger partial charge in [-0.2, -0.15) is 0 Å². The van der Waals surface area contributed by atoms with E-state index in [1.54, 1.807) is 0 Å². The van der Waals surface area contributed by atoms with Crippen LogP contribution in [0.15, 0.2) is 97.2 Å². The van der Waals surface area contributed by atoms with Crippen molar-refractivity contribution in [1.29, 1.82) is 0 Å². The lowest BCUT2D eigenvalue weighted by Crippen LogP contribution is -2.30. The van der Waals surface area contributed by atoms with Gasteiger partial charge >= 0.3 is 39.5 Å². The highest BCUT2D eigenvalue weighted by Gasteiger charge is 2.30. The second-order valence-corrected chi connectivity index (χ2v) is 28.4. The minimum Gasteiger partial charge on any atom is -0.462 e. The lowest BCUT2D eigenvalue weighted by molar-refractivity contribution is -0.161. The number of carbonyl (C=O) groups is 4. The molecule has 0 fully saturated rings. The quantitative estimate of drug-likeness (QED) is 0.0169. The van der Waals surface area contributed by atoms with Crippen LogP contribution >= 0.6 is 15.6 Å². The van der Waals surface area contributed by atoms with Crippen molar-refractivity contribution in [2.45, 2.75) is 341 Å². The highest BCUT2D eigenvalue weighted by molar-refractivity contribution is 7.47. The van der Waals surface area contributed by atoms with Gasteiger partial charge in [0.1, 0.15) is 19.3 Å². The molecule has 0 rings (SSSR count). The van der Waals surface area contributed by atoms with Crippen molar-refractivity contribution in [3.8, 4) is 0 Å². The van der Waals surface area contributed by atoms with Crippen molar-refractivity contribution >= 4 is 39.5 Å². The van der Waals surface area contributed by atoms with Crippen molar-refractivity contribution in [2.24, 2.45) is 0 Å². The molecule has 0 aliphatic rings. The number of ether oxygens (including phenoxy) is 4. The zero-order valence-corrected chi connectivity index (χ0v) is 63.5. The summed E-state index contributed by atoms with van der Waals surface area (Å²) in [5.41, 5.74) is 0. The van der Waals surface area contributed by atoms with E-state index >= 15 is 0 Å². The highest BCUT2D eigenvalue weighted by atomic mass is 31.2. The number of phosphoric ester groups is 2. The average Bonchev–Trinajstić information content (AvgIpc) is 0.979. The van der Waals surface area contributed by atoms with Crippen LogP contribution in [0.2, 0.25) is 0 Å². The van der Waals surface area contributed by atoms with E-state index in [1.807, 2.05) is 0 Å². The first-order valence-electron chi connectivity index (χ1n) is 38.5. The van der Waals surface area contributed by atoms with Gasteiger partial charge in [-0.25, -0.2) is 9.13 Å². The molecule has 0 aromatic heterocycles. The Morgan fingerprint density at radius 1 is 0.296 bits per heavy atom. The SMILES string of the molecule is CC/C=C\C/C=C\C/C=C\C/C=C\CCCCCCCCC(=O)OCC(COP(=O)(O)OCC(O)COP(=O)(O)OCC(COC(=O)CCCCCCC/C=C\CCCC)OC(=O)CCCCCCCCCCCCC)OC(=O)CCCCCCCCC/C=C\C/C=C\C/C=C\CC. The summed E-state index contributed by atoms with van der Waals surface area (Å²) in [7, 11) is -9.95. The van der Waals surface area contributed by atoms with Gasteiger partial charge in [-0.1, -0.05) is 279 Å². The van der Waals surface area contributed by atoms with Crippen LogP contribution in [-0.2, 0) is 65.4 Å². The molecule has 0 saturated carbocycles. The predicted molar refractivity (Wildman–Crippen MR) is 399 cm³/mol. The van der Waals surface area contributed by atoms with E-state index in [4.69, 9.17) is 37.0 Å². The van der Waals surface area contributed by atoms with E-state index in [2.05, 4.69) is 125 Å². The molecule has 0 heterocycles. The summed E-state index contributed by atoms with van der Waals surface area (Å²) < 4.78 is 68.4. The summed E-state index contributed by atoms with van der Waals surface area (Å²) in [6.45, 7) is 4.59.